The smallest absolute Gasteiger partial charge is 0.0489 e. The Balaban J connectivity index is 2.60. The van der Waals surface area contributed by atoms with Crippen molar-refractivity contribution >= 4 is 0 Å². The molecule has 1 aliphatic carbocycles. The minimum Gasteiger partial charge on any atom is -0.396 e. The lowest BCUT2D eigenvalue weighted by atomic mass is 9.66. The highest BCUT2D eigenvalue weighted by Crippen LogP contribution is 2.42. The molecule has 1 N–H and O–H groups in total. The highest BCUT2D eigenvalue weighted by atomic mass is 16.3. The number of hydrogen-bond acceptors (Lipinski definition) is 1. The molecule has 0 aromatic heterocycles. The van der Waals surface area contributed by atoms with Gasteiger partial charge in [-0.2, -0.15) is 0 Å². The van der Waals surface area contributed by atoms with Crippen molar-refractivity contribution in [3.05, 3.63) is 0 Å². The van der Waals surface area contributed by atoms with Crippen LogP contribution in [-0.2, 0) is 0 Å². The van der Waals surface area contributed by atoms with Crippen LogP contribution in [0.1, 0.15) is 58.8 Å². The van der Waals surface area contributed by atoms with E-state index in [2.05, 4.69) is 13.8 Å². The van der Waals surface area contributed by atoms with E-state index in [1.54, 1.807) is 0 Å². The van der Waals surface area contributed by atoms with Gasteiger partial charge in [-0.25, -0.2) is 0 Å². The largest absolute Gasteiger partial charge is 0.396 e. The van der Waals surface area contributed by atoms with E-state index in [1.807, 2.05) is 0 Å². The van der Waals surface area contributed by atoms with E-state index in [-0.39, 0.29) is 5.41 Å². The van der Waals surface area contributed by atoms with Crippen LogP contribution in [0.3, 0.4) is 0 Å². The van der Waals surface area contributed by atoms with E-state index in [0.717, 1.165) is 18.8 Å². The molecule has 0 heterocycles. The van der Waals surface area contributed by atoms with Crippen molar-refractivity contribution in [1.82, 2.24) is 0 Å². The average Bonchev–Trinajstić information content (AvgIpc) is 2.23. The van der Waals surface area contributed by atoms with Crippen molar-refractivity contribution in [2.45, 2.75) is 58.8 Å². The van der Waals surface area contributed by atoms with Crippen molar-refractivity contribution in [2.75, 3.05) is 6.61 Å². The van der Waals surface area contributed by atoms with Gasteiger partial charge < -0.3 is 5.11 Å². The van der Waals surface area contributed by atoms with E-state index >= 15 is 0 Å². The first-order valence-electron chi connectivity index (χ1n) is 5.90. The quantitative estimate of drug-likeness (QED) is 0.710. The first-order valence-corrected chi connectivity index (χ1v) is 5.90. The summed E-state index contributed by atoms with van der Waals surface area (Å²) in [4.78, 5) is 0. The number of hydrogen-bond donors (Lipinski definition) is 1. The number of aliphatic hydroxyl groups excluding tert-OH is 1. The molecule has 13 heavy (non-hydrogen) atoms. The highest BCUT2D eigenvalue weighted by Gasteiger charge is 2.35. The summed E-state index contributed by atoms with van der Waals surface area (Å²) in [7, 11) is 0. The molecule has 0 spiro atoms. The molecule has 0 aliphatic heterocycles. The second-order valence-electron chi connectivity index (χ2n) is 4.56. The Kier molecular flexibility index (Phi) is 4.24. The topological polar surface area (TPSA) is 20.2 Å². The third-order valence-corrected chi connectivity index (χ3v) is 4.19. The summed E-state index contributed by atoms with van der Waals surface area (Å²) < 4.78 is 0. The zero-order valence-electron chi connectivity index (χ0n) is 9.18. The summed E-state index contributed by atoms with van der Waals surface area (Å²) in [6.07, 6.45) is 9.16. The van der Waals surface area contributed by atoms with Gasteiger partial charge in [0.2, 0.25) is 0 Å². The van der Waals surface area contributed by atoms with Crippen LogP contribution in [0.15, 0.2) is 0 Å². The maximum absolute atomic E-state index is 9.53. The monoisotopic (exact) mass is 184 g/mol. The Hall–Kier alpha value is -0.0400. The number of aliphatic hydroxyl groups is 1. The predicted octanol–water partition coefficient (Wildman–Crippen LogP) is 3.37. The molecule has 78 valence electrons. The van der Waals surface area contributed by atoms with Gasteiger partial charge in [0.1, 0.15) is 0 Å². The van der Waals surface area contributed by atoms with Gasteiger partial charge in [0.05, 0.1) is 0 Å². The van der Waals surface area contributed by atoms with Crippen molar-refractivity contribution in [3.8, 4) is 0 Å². The van der Waals surface area contributed by atoms with Gasteiger partial charge in [-0.1, -0.05) is 33.1 Å². The first-order chi connectivity index (χ1) is 6.29. The van der Waals surface area contributed by atoms with Crippen molar-refractivity contribution in [2.24, 2.45) is 11.3 Å². The van der Waals surface area contributed by atoms with Crippen LogP contribution < -0.4 is 0 Å². The van der Waals surface area contributed by atoms with E-state index < -0.39 is 0 Å². The highest BCUT2D eigenvalue weighted by molar-refractivity contribution is 4.85. The standard InChI is InChI=1S/C12H24O/c1-3-12(4-2,10-13)11-8-6-5-7-9-11/h11,13H,3-10H2,1-2H3. The molecule has 0 saturated heterocycles. The average molecular weight is 184 g/mol. The lowest BCUT2D eigenvalue weighted by Gasteiger charge is -2.40. The van der Waals surface area contributed by atoms with Crippen LogP contribution in [-0.4, -0.2) is 11.7 Å². The molecule has 0 unspecified atom stereocenters. The van der Waals surface area contributed by atoms with Crippen molar-refractivity contribution in [3.63, 3.8) is 0 Å². The molecule has 1 fully saturated rings. The fraction of sp³-hybridized carbons (Fsp3) is 1.00. The zero-order chi connectivity index (χ0) is 9.73. The Morgan fingerprint density at radius 2 is 1.62 bits per heavy atom. The maximum atomic E-state index is 9.53. The summed E-state index contributed by atoms with van der Waals surface area (Å²) in [5.41, 5.74) is 0.250. The van der Waals surface area contributed by atoms with Gasteiger partial charge in [0, 0.05) is 6.61 Å². The lowest BCUT2D eigenvalue weighted by Crippen LogP contribution is -2.34. The molecule has 0 radical (unpaired) electrons. The molecule has 0 aromatic carbocycles. The van der Waals surface area contributed by atoms with Gasteiger partial charge >= 0.3 is 0 Å². The summed E-state index contributed by atoms with van der Waals surface area (Å²) in [5, 5.41) is 9.53. The van der Waals surface area contributed by atoms with Gasteiger partial charge in [0.25, 0.3) is 0 Å². The summed E-state index contributed by atoms with van der Waals surface area (Å²) >= 11 is 0. The molecule has 1 aliphatic rings. The van der Waals surface area contributed by atoms with Crippen LogP contribution in [0.2, 0.25) is 0 Å². The minimum atomic E-state index is 0.250. The summed E-state index contributed by atoms with van der Waals surface area (Å²) in [6.45, 7) is 4.85. The fourth-order valence-corrected chi connectivity index (χ4v) is 2.90. The molecule has 0 bridgehead atoms. The van der Waals surface area contributed by atoms with Gasteiger partial charge in [-0.3, -0.25) is 0 Å². The Morgan fingerprint density at radius 1 is 1.08 bits per heavy atom. The van der Waals surface area contributed by atoms with Crippen molar-refractivity contribution in [1.29, 1.82) is 0 Å². The van der Waals surface area contributed by atoms with Crippen LogP contribution in [0, 0.1) is 11.3 Å². The summed E-state index contributed by atoms with van der Waals surface area (Å²) in [5.74, 6) is 0.793. The zero-order valence-corrected chi connectivity index (χ0v) is 9.18. The van der Waals surface area contributed by atoms with E-state index in [0.29, 0.717) is 6.61 Å². The van der Waals surface area contributed by atoms with Crippen LogP contribution in [0.25, 0.3) is 0 Å². The molecule has 1 heteroatoms. The third-order valence-electron chi connectivity index (χ3n) is 4.19. The molecule has 1 rings (SSSR count). The second kappa shape index (κ2) is 4.99. The Morgan fingerprint density at radius 3 is 2.00 bits per heavy atom. The van der Waals surface area contributed by atoms with Gasteiger partial charge in [-0.15, -0.1) is 0 Å². The SMILES string of the molecule is CCC(CC)(CO)C1CCCCC1. The van der Waals surface area contributed by atoms with E-state index in [1.165, 1.54) is 32.1 Å². The van der Waals surface area contributed by atoms with Gasteiger partial charge in [-0.05, 0) is 37.0 Å². The van der Waals surface area contributed by atoms with Crippen molar-refractivity contribution < 1.29 is 5.11 Å². The maximum Gasteiger partial charge on any atom is 0.0489 e. The molecular formula is C12H24O. The van der Waals surface area contributed by atoms with Gasteiger partial charge in [0.15, 0.2) is 0 Å². The van der Waals surface area contributed by atoms with Crippen LogP contribution in [0.4, 0.5) is 0 Å². The molecular weight excluding hydrogens is 160 g/mol. The fourth-order valence-electron chi connectivity index (χ4n) is 2.90. The lowest BCUT2D eigenvalue weighted by molar-refractivity contribution is 0.0321. The second-order valence-corrected chi connectivity index (χ2v) is 4.56. The molecule has 0 atom stereocenters. The normalized spacial score (nSPS) is 20.5. The van der Waals surface area contributed by atoms with E-state index in [9.17, 15) is 5.11 Å². The van der Waals surface area contributed by atoms with Crippen LogP contribution in [0.5, 0.6) is 0 Å². The summed E-state index contributed by atoms with van der Waals surface area (Å²) in [6, 6.07) is 0. The molecule has 1 saturated carbocycles. The van der Waals surface area contributed by atoms with Crippen LogP contribution >= 0.6 is 0 Å². The Labute approximate surface area is 82.5 Å². The Bertz CT molecular complexity index is 124. The molecule has 0 amide bonds. The first kappa shape index (κ1) is 11.0. The van der Waals surface area contributed by atoms with E-state index in [4.69, 9.17) is 0 Å². The predicted molar refractivity (Wildman–Crippen MR) is 56.7 cm³/mol. The molecule has 0 aromatic rings. The number of rotatable bonds is 4. The third kappa shape index (κ3) is 2.25. The molecule has 1 nitrogen and oxygen atoms in total. The minimum absolute atomic E-state index is 0.250.